The van der Waals surface area contributed by atoms with Crippen LogP contribution in [0.5, 0.6) is 0 Å². The largest absolute Gasteiger partial charge is 0.464 e. The van der Waals surface area contributed by atoms with E-state index in [0.717, 1.165) is 20.0 Å². The molecule has 0 bridgehead atoms. The molecule has 0 heterocycles. The molecule has 1 saturated carbocycles. The normalized spacial score (nSPS) is 17.4. The first-order valence-corrected chi connectivity index (χ1v) is 6.28. The van der Waals surface area contributed by atoms with Gasteiger partial charge in [0.05, 0.1) is 12.5 Å². The molecule has 0 radical (unpaired) electrons. The molecule has 0 unspecified atom stereocenters. The van der Waals surface area contributed by atoms with Crippen molar-refractivity contribution >= 4 is 17.8 Å². The average Bonchev–Trinajstić information content (AvgIpc) is 2.93. The zero-order valence-electron chi connectivity index (χ0n) is 11.3. The van der Waals surface area contributed by atoms with Gasteiger partial charge in [0.1, 0.15) is 0 Å². The zero-order valence-corrected chi connectivity index (χ0v) is 11.3. The summed E-state index contributed by atoms with van der Waals surface area (Å²) in [7, 11) is 0.722. The van der Waals surface area contributed by atoms with Gasteiger partial charge in [-0.1, -0.05) is 19.8 Å². The van der Waals surface area contributed by atoms with Crippen LogP contribution in [0.1, 0.15) is 39.0 Å². The Hall–Kier alpha value is -1.73. The van der Waals surface area contributed by atoms with E-state index >= 15 is 0 Å². The quantitative estimate of drug-likeness (QED) is 0.480. The van der Waals surface area contributed by atoms with Crippen LogP contribution in [0, 0.1) is 5.41 Å². The molecule has 6 nitrogen and oxygen atoms in total. The van der Waals surface area contributed by atoms with Gasteiger partial charge in [0, 0.05) is 0 Å². The second kappa shape index (κ2) is 6.15. The minimum absolute atomic E-state index is 0.495. The molecule has 0 aromatic heterocycles. The van der Waals surface area contributed by atoms with Crippen molar-refractivity contribution in [3.8, 4) is 0 Å². The van der Waals surface area contributed by atoms with E-state index in [9.17, 15) is 23.2 Å². The van der Waals surface area contributed by atoms with E-state index in [1.807, 2.05) is 0 Å². The first-order valence-electron chi connectivity index (χ1n) is 6.28. The number of halogens is 2. The summed E-state index contributed by atoms with van der Waals surface area (Å²) in [6, 6.07) is 0. The number of methoxy groups -OCH3 is 1. The molecule has 1 aliphatic carbocycles. The Morgan fingerprint density at radius 1 is 1.25 bits per heavy atom. The highest BCUT2D eigenvalue weighted by atomic mass is 19.3. The Labute approximate surface area is 114 Å². The molecule has 1 rings (SSSR count). The summed E-state index contributed by atoms with van der Waals surface area (Å²) in [4.78, 5) is 38.2. The number of hydrogen-bond acceptors (Lipinski definition) is 5. The van der Waals surface area contributed by atoms with Gasteiger partial charge < -0.3 is 9.57 Å². The van der Waals surface area contributed by atoms with Gasteiger partial charge in [0.2, 0.25) is 0 Å². The van der Waals surface area contributed by atoms with Gasteiger partial charge in [0.25, 0.3) is 0 Å². The summed E-state index contributed by atoms with van der Waals surface area (Å²) in [6.07, 6.45) is 3.36. The Balaban J connectivity index is 2.61. The number of esters is 1. The average molecular weight is 293 g/mol. The zero-order chi connectivity index (χ0) is 15.4. The summed E-state index contributed by atoms with van der Waals surface area (Å²) in [6.45, 7) is 1.79. The van der Waals surface area contributed by atoms with E-state index in [-0.39, 0.29) is 0 Å². The summed E-state index contributed by atoms with van der Waals surface area (Å²) < 4.78 is 30.1. The van der Waals surface area contributed by atoms with E-state index in [1.54, 1.807) is 6.92 Å². The Bertz CT molecular complexity index is 405. The third kappa shape index (κ3) is 3.05. The third-order valence-corrected chi connectivity index (χ3v) is 3.63. The molecular formula is C12H17F2NO5. The van der Waals surface area contributed by atoms with Crippen LogP contribution >= 0.6 is 0 Å². The number of ether oxygens (including phenoxy) is 1. The van der Waals surface area contributed by atoms with Crippen molar-refractivity contribution in [2.24, 2.45) is 5.41 Å². The molecule has 1 amide bonds. The van der Waals surface area contributed by atoms with Gasteiger partial charge in [-0.3, -0.25) is 4.79 Å². The molecule has 1 fully saturated rings. The summed E-state index contributed by atoms with van der Waals surface area (Å²) in [5, 5.41) is 0. The maximum absolute atomic E-state index is 13.1. The SMILES string of the molecule is CCC1(C(=O)ONC(=O)C(F)(F)C(=O)OC)CCCC1. The van der Waals surface area contributed by atoms with Crippen molar-refractivity contribution in [1.82, 2.24) is 5.48 Å². The number of carbonyl (C=O) groups is 3. The van der Waals surface area contributed by atoms with Crippen LogP contribution in [0.2, 0.25) is 0 Å². The Morgan fingerprint density at radius 2 is 1.80 bits per heavy atom. The molecule has 8 heteroatoms. The van der Waals surface area contributed by atoms with Crippen molar-refractivity contribution in [3.63, 3.8) is 0 Å². The van der Waals surface area contributed by atoms with E-state index in [2.05, 4.69) is 9.57 Å². The van der Waals surface area contributed by atoms with Crippen LogP contribution in [-0.4, -0.2) is 30.9 Å². The fourth-order valence-corrected chi connectivity index (χ4v) is 2.24. The topological polar surface area (TPSA) is 81.7 Å². The second-order valence-corrected chi connectivity index (χ2v) is 4.73. The third-order valence-electron chi connectivity index (χ3n) is 3.63. The second-order valence-electron chi connectivity index (χ2n) is 4.73. The molecule has 1 aliphatic rings. The van der Waals surface area contributed by atoms with Crippen LogP contribution < -0.4 is 5.48 Å². The van der Waals surface area contributed by atoms with E-state index in [1.165, 1.54) is 5.48 Å². The van der Waals surface area contributed by atoms with Crippen molar-refractivity contribution < 1.29 is 32.7 Å². The molecule has 0 aliphatic heterocycles. The lowest BCUT2D eigenvalue weighted by Gasteiger charge is -2.24. The van der Waals surface area contributed by atoms with Crippen LogP contribution in [-0.2, 0) is 24.0 Å². The van der Waals surface area contributed by atoms with Crippen molar-refractivity contribution in [1.29, 1.82) is 0 Å². The van der Waals surface area contributed by atoms with Gasteiger partial charge in [-0.05, 0) is 19.3 Å². The molecule has 0 atom stereocenters. The molecule has 0 saturated heterocycles. The molecule has 0 aromatic rings. The van der Waals surface area contributed by atoms with Crippen molar-refractivity contribution in [3.05, 3.63) is 0 Å². The summed E-state index contributed by atoms with van der Waals surface area (Å²) >= 11 is 0. The van der Waals surface area contributed by atoms with E-state index < -0.39 is 29.2 Å². The van der Waals surface area contributed by atoms with E-state index in [0.29, 0.717) is 19.3 Å². The molecule has 0 spiro atoms. The molecule has 0 aromatic carbocycles. The van der Waals surface area contributed by atoms with Gasteiger partial charge >= 0.3 is 23.8 Å². The number of nitrogens with one attached hydrogen (secondary N) is 1. The molecule has 20 heavy (non-hydrogen) atoms. The number of rotatable bonds is 4. The van der Waals surface area contributed by atoms with Crippen LogP contribution in [0.3, 0.4) is 0 Å². The summed E-state index contributed by atoms with van der Waals surface area (Å²) in [5.74, 6) is -9.20. The summed E-state index contributed by atoms with van der Waals surface area (Å²) in [5.41, 5.74) is 0.592. The standard InChI is InChI=1S/C12H17F2NO5/c1-3-11(6-4-5-7-11)9(17)20-15-8(16)12(13,14)10(18)19-2/h3-7H2,1-2H3,(H,15,16). The lowest BCUT2D eigenvalue weighted by atomic mass is 9.84. The van der Waals surface area contributed by atoms with Crippen molar-refractivity contribution in [2.75, 3.05) is 7.11 Å². The van der Waals surface area contributed by atoms with Gasteiger partial charge in [-0.15, -0.1) is 0 Å². The fraction of sp³-hybridized carbons (Fsp3) is 0.750. The first kappa shape index (κ1) is 16.3. The number of amides is 1. The van der Waals surface area contributed by atoms with Crippen LogP contribution in [0.15, 0.2) is 0 Å². The number of alkyl halides is 2. The lowest BCUT2D eigenvalue weighted by Crippen LogP contribution is -2.48. The maximum atomic E-state index is 13.1. The van der Waals surface area contributed by atoms with Gasteiger partial charge in [-0.25, -0.2) is 9.59 Å². The number of hydrogen-bond donors (Lipinski definition) is 1. The monoisotopic (exact) mass is 293 g/mol. The highest BCUT2D eigenvalue weighted by Crippen LogP contribution is 2.41. The number of carbonyl (C=O) groups excluding carboxylic acids is 3. The number of hydroxylamine groups is 1. The predicted molar refractivity (Wildman–Crippen MR) is 62.4 cm³/mol. The highest BCUT2D eigenvalue weighted by molar-refractivity contribution is 6.04. The van der Waals surface area contributed by atoms with Gasteiger partial charge in [-0.2, -0.15) is 14.3 Å². The molecule has 1 N–H and O–H groups in total. The van der Waals surface area contributed by atoms with Gasteiger partial charge in [0.15, 0.2) is 0 Å². The highest BCUT2D eigenvalue weighted by Gasteiger charge is 2.50. The fourth-order valence-electron chi connectivity index (χ4n) is 2.24. The smallest absolute Gasteiger partial charge is 0.421 e. The molecule has 114 valence electrons. The van der Waals surface area contributed by atoms with E-state index in [4.69, 9.17) is 0 Å². The first-order chi connectivity index (χ1) is 9.30. The molecular weight excluding hydrogens is 276 g/mol. The lowest BCUT2D eigenvalue weighted by molar-refractivity contribution is -0.187. The predicted octanol–water partition coefficient (Wildman–Crippen LogP) is 1.34. The maximum Gasteiger partial charge on any atom is 0.421 e. The minimum Gasteiger partial charge on any atom is -0.464 e. The Kier molecular flexibility index (Phi) is 5.02. The van der Waals surface area contributed by atoms with Crippen molar-refractivity contribution in [2.45, 2.75) is 45.0 Å². The van der Waals surface area contributed by atoms with Crippen LogP contribution in [0.25, 0.3) is 0 Å². The van der Waals surface area contributed by atoms with Crippen LogP contribution in [0.4, 0.5) is 8.78 Å². The minimum atomic E-state index is -4.40. The Morgan fingerprint density at radius 3 is 2.25 bits per heavy atom.